The summed E-state index contributed by atoms with van der Waals surface area (Å²) in [5.74, 6) is 1.29. The van der Waals surface area contributed by atoms with E-state index >= 15 is 0 Å². The fourth-order valence-corrected chi connectivity index (χ4v) is 5.41. The second-order valence-electron chi connectivity index (χ2n) is 4.86. The summed E-state index contributed by atoms with van der Waals surface area (Å²) in [6.45, 7) is 0.857. The smallest absolute Gasteiger partial charge is 0.255 e. The summed E-state index contributed by atoms with van der Waals surface area (Å²) in [6.07, 6.45) is 1.08. The third kappa shape index (κ3) is 1.41. The van der Waals surface area contributed by atoms with Gasteiger partial charge in [0.1, 0.15) is 4.87 Å². The molecule has 0 N–H and O–H groups in total. The first-order valence-electron chi connectivity index (χ1n) is 6.42. The fourth-order valence-electron chi connectivity index (χ4n) is 3.11. The number of thioether (sulfide) groups is 1. The number of amides is 1. The second kappa shape index (κ2) is 4.12. The molecule has 2 nitrogen and oxygen atoms in total. The van der Waals surface area contributed by atoms with Crippen LogP contribution in [0.25, 0.3) is 0 Å². The van der Waals surface area contributed by atoms with E-state index in [-0.39, 0.29) is 10.8 Å². The zero-order valence-electron chi connectivity index (χ0n) is 10.3. The maximum Gasteiger partial charge on any atom is 0.255 e. The van der Waals surface area contributed by atoms with Gasteiger partial charge in [-0.25, -0.2) is 0 Å². The maximum absolute atomic E-state index is 12.6. The molecule has 1 saturated heterocycles. The van der Waals surface area contributed by atoms with Gasteiger partial charge in [-0.3, -0.25) is 4.79 Å². The number of rotatable bonds is 1. The summed E-state index contributed by atoms with van der Waals surface area (Å²) in [5.41, 5.74) is 3.30. The third-order valence-electron chi connectivity index (χ3n) is 3.90. The van der Waals surface area contributed by atoms with Crippen molar-refractivity contribution < 1.29 is 4.79 Å². The third-order valence-corrected chi connectivity index (χ3v) is 6.17. The van der Waals surface area contributed by atoms with E-state index in [0.29, 0.717) is 0 Å². The molecule has 3 heterocycles. The minimum absolute atomic E-state index is 0.189. The molecule has 1 aromatic heterocycles. The standard InChI is InChI=1S/C15H13NOS2/c17-14-12-4-1-2-5-13(12)15(11-6-9-18-10-11)16(14)7-3-8-19-15/h1-2,4-6,9-10H,3,7-8H2. The van der Waals surface area contributed by atoms with Crippen molar-refractivity contribution >= 4 is 29.0 Å². The van der Waals surface area contributed by atoms with Gasteiger partial charge in [-0.1, -0.05) is 18.2 Å². The van der Waals surface area contributed by atoms with Crippen LogP contribution in [0.5, 0.6) is 0 Å². The lowest BCUT2D eigenvalue weighted by atomic mass is 9.99. The molecule has 1 fully saturated rings. The monoisotopic (exact) mass is 287 g/mol. The largest absolute Gasteiger partial charge is 0.316 e. The molecular weight excluding hydrogens is 274 g/mol. The lowest BCUT2D eigenvalue weighted by molar-refractivity contribution is 0.0717. The van der Waals surface area contributed by atoms with Crippen LogP contribution in [-0.4, -0.2) is 23.1 Å². The van der Waals surface area contributed by atoms with Gasteiger partial charge in [0.2, 0.25) is 0 Å². The molecule has 1 amide bonds. The first-order valence-corrected chi connectivity index (χ1v) is 8.35. The van der Waals surface area contributed by atoms with E-state index in [0.717, 1.165) is 24.3 Å². The van der Waals surface area contributed by atoms with E-state index in [4.69, 9.17) is 0 Å². The van der Waals surface area contributed by atoms with Crippen LogP contribution in [0.2, 0.25) is 0 Å². The highest BCUT2D eigenvalue weighted by Gasteiger charge is 2.52. The average Bonchev–Trinajstić information content (AvgIpc) is 3.07. The Labute approximate surface area is 120 Å². The summed E-state index contributed by atoms with van der Waals surface area (Å²) in [7, 11) is 0. The Hall–Kier alpha value is -1.26. The van der Waals surface area contributed by atoms with Crippen LogP contribution in [0.15, 0.2) is 41.1 Å². The Bertz CT molecular complexity index is 637. The van der Waals surface area contributed by atoms with Crippen LogP contribution >= 0.6 is 23.1 Å². The summed E-state index contributed by atoms with van der Waals surface area (Å²) >= 11 is 3.60. The Kier molecular flexibility index (Phi) is 2.50. The van der Waals surface area contributed by atoms with Gasteiger partial charge in [0.05, 0.1) is 0 Å². The zero-order chi connectivity index (χ0) is 12.9. The minimum atomic E-state index is -0.272. The van der Waals surface area contributed by atoms with Crippen molar-refractivity contribution in [2.24, 2.45) is 0 Å². The maximum atomic E-state index is 12.6. The van der Waals surface area contributed by atoms with Crippen LogP contribution in [-0.2, 0) is 4.87 Å². The molecule has 19 heavy (non-hydrogen) atoms. The van der Waals surface area contributed by atoms with Gasteiger partial charge in [-0.15, -0.1) is 11.8 Å². The van der Waals surface area contributed by atoms with E-state index in [1.54, 1.807) is 11.3 Å². The molecule has 1 unspecified atom stereocenters. The van der Waals surface area contributed by atoms with E-state index in [1.165, 1.54) is 11.1 Å². The highest BCUT2D eigenvalue weighted by molar-refractivity contribution is 8.00. The summed E-state index contributed by atoms with van der Waals surface area (Å²) in [4.78, 5) is 14.4. The molecule has 0 bridgehead atoms. The Balaban J connectivity index is 2.01. The van der Waals surface area contributed by atoms with Crippen LogP contribution in [0.3, 0.4) is 0 Å². The van der Waals surface area contributed by atoms with Gasteiger partial charge in [0.25, 0.3) is 5.91 Å². The first-order chi connectivity index (χ1) is 9.34. The topological polar surface area (TPSA) is 20.3 Å². The van der Waals surface area contributed by atoms with Crippen molar-refractivity contribution in [3.8, 4) is 0 Å². The summed E-state index contributed by atoms with van der Waals surface area (Å²) in [5, 5.41) is 4.28. The molecule has 0 saturated carbocycles. The lowest BCUT2D eigenvalue weighted by Gasteiger charge is -2.42. The molecule has 2 aromatic rings. The number of fused-ring (bicyclic) bond motifs is 3. The Morgan fingerprint density at radius 1 is 1.21 bits per heavy atom. The quantitative estimate of drug-likeness (QED) is 0.799. The van der Waals surface area contributed by atoms with Crippen LogP contribution in [0.1, 0.15) is 27.9 Å². The Morgan fingerprint density at radius 3 is 2.95 bits per heavy atom. The number of benzene rings is 1. The minimum Gasteiger partial charge on any atom is -0.316 e. The molecule has 0 radical (unpaired) electrons. The van der Waals surface area contributed by atoms with Gasteiger partial charge >= 0.3 is 0 Å². The van der Waals surface area contributed by atoms with Crippen LogP contribution < -0.4 is 0 Å². The number of carbonyl (C=O) groups is 1. The zero-order valence-corrected chi connectivity index (χ0v) is 12.0. The molecular formula is C15H13NOS2. The molecule has 4 rings (SSSR count). The molecule has 2 aliphatic rings. The highest BCUT2D eigenvalue weighted by Crippen LogP contribution is 2.54. The average molecular weight is 287 g/mol. The SMILES string of the molecule is O=C1c2ccccc2C2(c3ccsc3)SCCCN12. The van der Waals surface area contributed by atoms with E-state index in [1.807, 2.05) is 30.0 Å². The van der Waals surface area contributed by atoms with Crippen molar-refractivity contribution in [1.82, 2.24) is 4.90 Å². The Morgan fingerprint density at radius 2 is 2.11 bits per heavy atom. The first kappa shape index (κ1) is 11.6. The van der Waals surface area contributed by atoms with Crippen LogP contribution in [0, 0.1) is 0 Å². The fraction of sp³-hybridized carbons (Fsp3) is 0.267. The van der Waals surface area contributed by atoms with E-state index < -0.39 is 0 Å². The van der Waals surface area contributed by atoms with E-state index in [2.05, 4.69) is 27.8 Å². The summed E-state index contributed by atoms with van der Waals surface area (Å²) in [6, 6.07) is 10.2. The van der Waals surface area contributed by atoms with Gasteiger partial charge in [0.15, 0.2) is 0 Å². The number of nitrogens with zero attached hydrogens (tertiary/aromatic N) is 1. The number of hydrogen-bond acceptors (Lipinski definition) is 3. The van der Waals surface area contributed by atoms with Gasteiger partial charge in [0, 0.05) is 23.2 Å². The van der Waals surface area contributed by atoms with Gasteiger partial charge < -0.3 is 4.90 Å². The normalized spacial score (nSPS) is 25.3. The lowest BCUT2D eigenvalue weighted by Crippen LogP contribution is -2.45. The van der Waals surface area contributed by atoms with Gasteiger partial charge in [-0.2, -0.15) is 11.3 Å². The molecule has 4 heteroatoms. The second-order valence-corrected chi connectivity index (χ2v) is 6.93. The molecule has 2 aliphatic heterocycles. The summed E-state index contributed by atoms with van der Waals surface area (Å²) < 4.78 is 0. The molecule has 0 aliphatic carbocycles. The predicted molar refractivity (Wildman–Crippen MR) is 79.7 cm³/mol. The predicted octanol–water partition coefficient (Wildman–Crippen LogP) is 3.54. The van der Waals surface area contributed by atoms with Crippen molar-refractivity contribution in [3.63, 3.8) is 0 Å². The molecule has 1 atom stereocenters. The van der Waals surface area contributed by atoms with Crippen molar-refractivity contribution in [3.05, 3.63) is 57.8 Å². The van der Waals surface area contributed by atoms with Crippen molar-refractivity contribution in [1.29, 1.82) is 0 Å². The molecule has 0 spiro atoms. The van der Waals surface area contributed by atoms with Crippen molar-refractivity contribution in [2.45, 2.75) is 11.3 Å². The van der Waals surface area contributed by atoms with Crippen LogP contribution in [0.4, 0.5) is 0 Å². The molecule has 96 valence electrons. The number of carbonyl (C=O) groups excluding carboxylic acids is 1. The van der Waals surface area contributed by atoms with Crippen molar-refractivity contribution in [2.75, 3.05) is 12.3 Å². The van der Waals surface area contributed by atoms with Gasteiger partial charge in [-0.05, 0) is 35.1 Å². The highest BCUT2D eigenvalue weighted by atomic mass is 32.2. The van der Waals surface area contributed by atoms with E-state index in [9.17, 15) is 4.79 Å². The number of thiophene rings is 1. The molecule has 1 aromatic carbocycles. The number of hydrogen-bond donors (Lipinski definition) is 0.